The summed E-state index contributed by atoms with van der Waals surface area (Å²) in [6.07, 6.45) is 3.36. The summed E-state index contributed by atoms with van der Waals surface area (Å²) in [5.41, 5.74) is 0. The zero-order chi connectivity index (χ0) is 28.8. The topological polar surface area (TPSA) is 12.0 Å². The predicted octanol–water partition coefficient (Wildman–Crippen LogP) is 7.89. The van der Waals surface area contributed by atoms with Crippen LogP contribution >= 0.6 is 47.5 Å². The average molecular weight is 738 g/mol. The Morgan fingerprint density at radius 3 is 1.21 bits per heavy atom. The van der Waals surface area contributed by atoms with Crippen molar-refractivity contribution < 1.29 is 19.5 Å². The van der Waals surface area contributed by atoms with Crippen molar-refractivity contribution in [2.75, 3.05) is 31.3 Å². The van der Waals surface area contributed by atoms with Crippen LogP contribution in [0.4, 0.5) is 0 Å². The fourth-order valence-electron chi connectivity index (χ4n) is 4.63. The monoisotopic (exact) mass is 737 g/mol. The van der Waals surface area contributed by atoms with Gasteiger partial charge in [0.15, 0.2) is 0 Å². The number of nitrogens with one attached hydrogen (secondary N) is 1. The van der Waals surface area contributed by atoms with Crippen molar-refractivity contribution in [2.45, 2.75) is 0 Å². The first kappa shape index (κ1) is 35.0. The molecule has 1 nitrogen and oxygen atoms in total. The van der Waals surface area contributed by atoms with Gasteiger partial charge < -0.3 is 5.32 Å². The van der Waals surface area contributed by atoms with Crippen molar-refractivity contribution in [3.8, 4) is 0 Å². The summed E-state index contributed by atoms with van der Waals surface area (Å²) in [7, 11) is -0.241. The number of rotatable bonds is 11. The first-order valence-corrected chi connectivity index (χ1v) is 20.7. The van der Waals surface area contributed by atoms with Gasteiger partial charge in [0.25, 0.3) is 0 Å². The molecule has 0 spiro atoms. The SMILES string of the molecule is CSCCNCCP(c1ccccc1)c1ccccc1.ClP(Cl)(c1ccccc1)(c1ccccc1)c1ccccc1.[Ru]. The van der Waals surface area contributed by atoms with E-state index in [1.54, 1.807) is 0 Å². The molecule has 0 bridgehead atoms. The first-order chi connectivity index (χ1) is 20.0. The van der Waals surface area contributed by atoms with E-state index in [1.165, 1.54) is 22.5 Å². The molecular weight excluding hydrogens is 700 g/mol. The van der Waals surface area contributed by atoms with E-state index < -0.39 is 5.31 Å². The summed E-state index contributed by atoms with van der Waals surface area (Å²) in [5, 5.41) is 5.95. The van der Waals surface area contributed by atoms with Gasteiger partial charge in [0, 0.05) is 31.8 Å². The molecule has 5 aromatic carbocycles. The maximum absolute atomic E-state index is 7.27. The van der Waals surface area contributed by atoms with Crippen LogP contribution in [0.5, 0.6) is 0 Å². The Morgan fingerprint density at radius 1 is 0.548 bits per heavy atom. The molecule has 0 aliphatic carbocycles. The Hall–Kier alpha value is -1.53. The van der Waals surface area contributed by atoms with Crippen LogP contribution < -0.4 is 31.8 Å². The smallest absolute Gasteiger partial charge is 0 e. The van der Waals surface area contributed by atoms with Crippen molar-refractivity contribution in [2.24, 2.45) is 0 Å². The zero-order valence-electron chi connectivity index (χ0n) is 23.7. The van der Waals surface area contributed by atoms with Gasteiger partial charge in [-0.15, -0.1) is 0 Å². The second kappa shape index (κ2) is 17.7. The van der Waals surface area contributed by atoms with Crippen LogP contribution in [-0.4, -0.2) is 31.3 Å². The molecular formula is C35H37Cl2NP2RuS. The molecule has 5 rings (SSSR count). The van der Waals surface area contributed by atoms with Crippen molar-refractivity contribution in [1.29, 1.82) is 0 Å². The van der Waals surface area contributed by atoms with Crippen molar-refractivity contribution in [1.82, 2.24) is 5.32 Å². The third kappa shape index (κ3) is 9.00. The fourth-order valence-corrected chi connectivity index (χ4v) is 12.2. The summed E-state index contributed by atoms with van der Waals surface area (Å²) in [6.45, 7) is 2.20. The largest absolute Gasteiger partial charge is 0 e. The van der Waals surface area contributed by atoms with Crippen LogP contribution in [0.15, 0.2) is 152 Å². The molecule has 0 saturated carbocycles. The van der Waals surface area contributed by atoms with Gasteiger partial charge in [-0.25, -0.2) is 0 Å². The molecule has 0 atom stereocenters. The van der Waals surface area contributed by atoms with Crippen LogP contribution in [0, 0.1) is 0 Å². The quantitative estimate of drug-likeness (QED) is 0.0842. The minimum absolute atomic E-state index is 0. The van der Waals surface area contributed by atoms with E-state index in [0.29, 0.717) is 0 Å². The molecule has 0 aliphatic heterocycles. The van der Waals surface area contributed by atoms with E-state index in [1.807, 2.05) is 103 Å². The molecule has 0 fully saturated rings. The Morgan fingerprint density at radius 2 is 0.881 bits per heavy atom. The minimum Gasteiger partial charge on any atom is 0 e. The average Bonchev–Trinajstić information content (AvgIpc) is 3.05. The maximum Gasteiger partial charge on any atom is 0 e. The minimum atomic E-state index is -3.43. The molecule has 0 aliphatic rings. The van der Waals surface area contributed by atoms with E-state index in [2.05, 4.69) is 72.2 Å². The van der Waals surface area contributed by atoms with Crippen molar-refractivity contribution >= 4 is 74.0 Å². The number of hydrogen-bond donors (Lipinski definition) is 1. The summed E-state index contributed by atoms with van der Waals surface area (Å²) in [4.78, 5) is 0. The second-order valence-corrected chi connectivity index (χ2v) is 20.7. The number of halogens is 2. The summed E-state index contributed by atoms with van der Waals surface area (Å²) in [5.74, 6) is 1.19. The van der Waals surface area contributed by atoms with Crippen LogP contribution in [0.3, 0.4) is 0 Å². The second-order valence-electron chi connectivity index (χ2n) is 9.48. The zero-order valence-corrected chi connectivity index (χ0v) is 29.5. The van der Waals surface area contributed by atoms with Gasteiger partial charge in [-0.05, 0) is 37.5 Å². The molecule has 42 heavy (non-hydrogen) atoms. The van der Waals surface area contributed by atoms with Crippen molar-refractivity contribution in [3.05, 3.63) is 152 Å². The number of thioether (sulfide) groups is 1. The summed E-state index contributed by atoms with van der Waals surface area (Å²) < 4.78 is 0. The van der Waals surface area contributed by atoms with E-state index in [4.69, 9.17) is 22.5 Å². The van der Waals surface area contributed by atoms with E-state index in [9.17, 15) is 0 Å². The van der Waals surface area contributed by atoms with Gasteiger partial charge in [-0.3, -0.25) is 0 Å². The van der Waals surface area contributed by atoms with Crippen LogP contribution in [0.1, 0.15) is 0 Å². The third-order valence-corrected chi connectivity index (χ3v) is 17.0. The van der Waals surface area contributed by atoms with Gasteiger partial charge in [0.1, 0.15) is 0 Å². The third-order valence-electron chi connectivity index (χ3n) is 6.76. The van der Waals surface area contributed by atoms with E-state index in [0.717, 1.165) is 29.0 Å². The standard InChI is InChI=1S/C18H15Cl2P.C17H22NPS.Ru/c19-21(20,16-10-4-1-5-11-16,17-12-6-2-7-13-17)18-14-8-3-9-15-18;1-20-15-13-18-12-14-19(16-8-4-2-5-9-16)17-10-6-3-7-11-17;/h1-15H;2-11,18H,12-15H2,1H3;. The molecule has 0 saturated heterocycles. The number of hydrogen-bond acceptors (Lipinski definition) is 2. The van der Waals surface area contributed by atoms with Gasteiger partial charge in [0.2, 0.25) is 0 Å². The Balaban J connectivity index is 0.000000225. The van der Waals surface area contributed by atoms with Crippen LogP contribution in [0.2, 0.25) is 0 Å². The molecule has 0 radical (unpaired) electrons. The van der Waals surface area contributed by atoms with E-state index in [-0.39, 0.29) is 27.4 Å². The first-order valence-electron chi connectivity index (χ1n) is 13.7. The van der Waals surface area contributed by atoms with Crippen LogP contribution in [0.25, 0.3) is 0 Å². The molecule has 0 heterocycles. The maximum atomic E-state index is 7.27. The van der Waals surface area contributed by atoms with Crippen molar-refractivity contribution in [3.63, 3.8) is 0 Å². The molecule has 0 aromatic heterocycles. The predicted molar refractivity (Wildman–Crippen MR) is 192 cm³/mol. The van der Waals surface area contributed by atoms with Gasteiger partial charge in [-0.1, -0.05) is 60.7 Å². The van der Waals surface area contributed by atoms with Gasteiger partial charge in [0.05, 0.1) is 0 Å². The Bertz CT molecular complexity index is 1290. The van der Waals surface area contributed by atoms with E-state index >= 15 is 0 Å². The fraction of sp³-hybridized carbons (Fsp3) is 0.143. The normalized spacial score (nSPS) is 11.9. The van der Waals surface area contributed by atoms with Gasteiger partial charge in [-0.2, -0.15) is 11.8 Å². The number of benzene rings is 5. The molecule has 220 valence electrons. The van der Waals surface area contributed by atoms with Gasteiger partial charge >= 0.3 is 135 Å². The summed E-state index contributed by atoms with van der Waals surface area (Å²) >= 11 is 16.4. The summed E-state index contributed by atoms with van der Waals surface area (Å²) in [6, 6.07) is 51.7. The Kier molecular flexibility index (Phi) is 14.7. The molecule has 0 unspecified atom stereocenters. The van der Waals surface area contributed by atoms with Crippen LogP contribution in [-0.2, 0) is 19.5 Å². The molecule has 0 amide bonds. The molecule has 7 heteroatoms. The molecule has 5 aromatic rings. The Labute approximate surface area is 279 Å². The molecule has 1 N–H and O–H groups in total.